The predicted molar refractivity (Wildman–Crippen MR) is 104 cm³/mol. The van der Waals surface area contributed by atoms with Crippen molar-refractivity contribution >= 4 is 17.6 Å². The van der Waals surface area contributed by atoms with E-state index >= 15 is 0 Å². The van der Waals surface area contributed by atoms with Crippen LogP contribution in [0.25, 0.3) is 0 Å². The van der Waals surface area contributed by atoms with Crippen molar-refractivity contribution in [3.63, 3.8) is 0 Å². The predicted octanol–water partition coefficient (Wildman–Crippen LogP) is 2.52. The molecule has 0 unspecified atom stereocenters. The first kappa shape index (κ1) is 21.7. The van der Waals surface area contributed by atoms with Crippen LogP contribution in [0.3, 0.4) is 0 Å². The SMILES string of the molecule is CCOc1ccc(C(=O)OCC(=O)NCCc2ccccc2OC)cc1[N+](=O)[O-]. The second-order valence-electron chi connectivity index (χ2n) is 5.86. The van der Waals surface area contributed by atoms with Crippen molar-refractivity contribution in [2.24, 2.45) is 0 Å². The number of benzene rings is 2. The summed E-state index contributed by atoms with van der Waals surface area (Å²) < 4.78 is 15.3. The van der Waals surface area contributed by atoms with Crippen molar-refractivity contribution in [2.75, 3.05) is 26.9 Å². The number of amides is 1. The first-order chi connectivity index (χ1) is 14.0. The highest BCUT2D eigenvalue weighted by Gasteiger charge is 2.20. The molecule has 2 aromatic carbocycles. The summed E-state index contributed by atoms with van der Waals surface area (Å²) in [6, 6.07) is 11.2. The van der Waals surface area contributed by atoms with Gasteiger partial charge in [-0.2, -0.15) is 0 Å². The number of methoxy groups -OCH3 is 1. The zero-order valence-electron chi connectivity index (χ0n) is 16.2. The van der Waals surface area contributed by atoms with Crippen LogP contribution in [0.4, 0.5) is 5.69 Å². The highest BCUT2D eigenvalue weighted by atomic mass is 16.6. The molecule has 29 heavy (non-hydrogen) atoms. The molecule has 0 saturated carbocycles. The van der Waals surface area contributed by atoms with E-state index < -0.39 is 23.4 Å². The number of nitro groups is 1. The molecule has 0 radical (unpaired) electrons. The maximum Gasteiger partial charge on any atom is 0.338 e. The van der Waals surface area contributed by atoms with E-state index in [9.17, 15) is 19.7 Å². The van der Waals surface area contributed by atoms with E-state index in [4.69, 9.17) is 14.2 Å². The van der Waals surface area contributed by atoms with Gasteiger partial charge in [-0.05, 0) is 37.1 Å². The standard InChI is InChI=1S/C20H22N2O7/c1-3-28-18-9-8-15(12-16(18)22(25)26)20(24)29-13-19(23)21-11-10-14-6-4-5-7-17(14)27-2/h4-9,12H,3,10-11,13H2,1-2H3,(H,21,23). The van der Waals surface area contributed by atoms with E-state index in [0.29, 0.717) is 13.0 Å². The normalized spacial score (nSPS) is 10.1. The van der Waals surface area contributed by atoms with Crippen molar-refractivity contribution in [3.05, 3.63) is 63.7 Å². The maximum absolute atomic E-state index is 12.1. The summed E-state index contributed by atoms with van der Waals surface area (Å²) in [5.41, 5.74) is 0.554. The van der Waals surface area contributed by atoms with E-state index in [2.05, 4.69) is 5.32 Å². The van der Waals surface area contributed by atoms with E-state index in [1.54, 1.807) is 14.0 Å². The third-order valence-corrected chi connectivity index (χ3v) is 3.93. The zero-order chi connectivity index (χ0) is 21.2. The Morgan fingerprint density at radius 2 is 1.90 bits per heavy atom. The molecule has 1 amide bonds. The molecule has 0 bridgehead atoms. The van der Waals surface area contributed by atoms with E-state index in [-0.39, 0.29) is 23.6 Å². The number of nitrogens with zero attached hydrogens (tertiary/aromatic N) is 1. The van der Waals surface area contributed by atoms with Crippen molar-refractivity contribution in [2.45, 2.75) is 13.3 Å². The van der Waals surface area contributed by atoms with Crippen LogP contribution >= 0.6 is 0 Å². The number of hydrogen-bond donors (Lipinski definition) is 1. The lowest BCUT2D eigenvalue weighted by Crippen LogP contribution is -2.30. The Bertz CT molecular complexity index is 883. The molecular weight excluding hydrogens is 380 g/mol. The smallest absolute Gasteiger partial charge is 0.338 e. The van der Waals surface area contributed by atoms with Gasteiger partial charge in [0.05, 0.1) is 24.2 Å². The fraction of sp³-hybridized carbons (Fsp3) is 0.300. The number of para-hydroxylation sites is 1. The maximum atomic E-state index is 12.1. The molecule has 0 atom stereocenters. The van der Waals surface area contributed by atoms with Gasteiger partial charge in [-0.15, -0.1) is 0 Å². The Labute approximate surface area is 167 Å². The van der Waals surface area contributed by atoms with Crippen LogP contribution in [0.1, 0.15) is 22.8 Å². The van der Waals surface area contributed by atoms with Gasteiger partial charge in [0, 0.05) is 12.6 Å². The average molecular weight is 402 g/mol. The Morgan fingerprint density at radius 3 is 2.59 bits per heavy atom. The van der Waals surface area contributed by atoms with Gasteiger partial charge in [-0.3, -0.25) is 14.9 Å². The lowest BCUT2D eigenvalue weighted by Gasteiger charge is -2.10. The number of esters is 1. The van der Waals surface area contributed by atoms with Gasteiger partial charge in [0.1, 0.15) is 5.75 Å². The van der Waals surface area contributed by atoms with Crippen molar-refractivity contribution in [1.29, 1.82) is 0 Å². The minimum atomic E-state index is -0.837. The summed E-state index contributed by atoms with van der Waals surface area (Å²) in [5.74, 6) is -0.530. The summed E-state index contributed by atoms with van der Waals surface area (Å²) in [5, 5.41) is 13.8. The molecule has 2 aromatic rings. The van der Waals surface area contributed by atoms with Crippen molar-refractivity contribution in [3.8, 4) is 11.5 Å². The molecule has 2 rings (SSSR count). The second-order valence-corrected chi connectivity index (χ2v) is 5.86. The van der Waals surface area contributed by atoms with E-state index in [1.807, 2.05) is 24.3 Å². The van der Waals surface area contributed by atoms with Gasteiger partial charge in [-0.25, -0.2) is 4.79 Å². The number of ether oxygens (including phenoxy) is 3. The number of rotatable bonds is 10. The molecule has 1 N–H and O–H groups in total. The third kappa shape index (κ3) is 6.20. The quantitative estimate of drug-likeness (QED) is 0.369. The molecule has 0 aliphatic carbocycles. The van der Waals surface area contributed by atoms with Gasteiger partial charge in [0.25, 0.3) is 5.91 Å². The van der Waals surface area contributed by atoms with Gasteiger partial charge in [-0.1, -0.05) is 18.2 Å². The van der Waals surface area contributed by atoms with Gasteiger partial charge in [0.15, 0.2) is 12.4 Å². The molecule has 0 aliphatic heterocycles. The molecular formula is C20H22N2O7. The van der Waals surface area contributed by atoms with Crippen molar-refractivity contribution < 1.29 is 28.7 Å². The van der Waals surface area contributed by atoms with Gasteiger partial charge >= 0.3 is 11.7 Å². The zero-order valence-corrected chi connectivity index (χ0v) is 16.2. The monoisotopic (exact) mass is 402 g/mol. The molecule has 154 valence electrons. The average Bonchev–Trinajstić information content (AvgIpc) is 2.72. The minimum Gasteiger partial charge on any atom is -0.496 e. The lowest BCUT2D eigenvalue weighted by atomic mass is 10.1. The summed E-state index contributed by atoms with van der Waals surface area (Å²) in [6.45, 7) is 1.79. The Morgan fingerprint density at radius 1 is 1.14 bits per heavy atom. The lowest BCUT2D eigenvalue weighted by molar-refractivity contribution is -0.385. The molecule has 0 aliphatic rings. The number of nitro benzene ring substituents is 1. The number of hydrogen-bond acceptors (Lipinski definition) is 7. The van der Waals surface area contributed by atoms with Crippen LogP contribution in [0.5, 0.6) is 11.5 Å². The largest absolute Gasteiger partial charge is 0.496 e. The van der Waals surface area contributed by atoms with Gasteiger partial charge < -0.3 is 19.5 Å². The molecule has 0 saturated heterocycles. The van der Waals surface area contributed by atoms with Crippen LogP contribution in [-0.2, 0) is 16.0 Å². The highest BCUT2D eigenvalue weighted by molar-refractivity contribution is 5.92. The van der Waals surface area contributed by atoms with Crippen molar-refractivity contribution in [1.82, 2.24) is 5.32 Å². The number of carbonyl (C=O) groups excluding carboxylic acids is 2. The van der Waals surface area contributed by atoms with Crippen LogP contribution in [0, 0.1) is 10.1 Å². The fourth-order valence-corrected chi connectivity index (χ4v) is 2.58. The highest BCUT2D eigenvalue weighted by Crippen LogP contribution is 2.28. The minimum absolute atomic E-state index is 0.0398. The molecule has 9 nitrogen and oxygen atoms in total. The van der Waals surface area contributed by atoms with Crippen LogP contribution in [0.15, 0.2) is 42.5 Å². The molecule has 9 heteroatoms. The molecule has 0 fully saturated rings. The van der Waals surface area contributed by atoms with Crippen LogP contribution in [0.2, 0.25) is 0 Å². The second kappa shape index (κ2) is 10.6. The Kier molecular flexibility index (Phi) is 7.96. The Balaban J connectivity index is 1.86. The summed E-state index contributed by atoms with van der Waals surface area (Å²) >= 11 is 0. The third-order valence-electron chi connectivity index (χ3n) is 3.93. The van der Waals surface area contributed by atoms with E-state index in [1.165, 1.54) is 12.1 Å². The fourth-order valence-electron chi connectivity index (χ4n) is 2.58. The first-order valence-corrected chi connectivity index (χ1v) is 8.93. The molecule has 0 aromatic heterocycles. The van der Waals surface area contributed by atoms with Crippen LogP contribution < -0.4 is 14.8 Å². The summed E-state index contributed by atoms with van der Waals surface area (Å²) in [6.07, 6.45) is 0.550. The number of carbonyl (C=O) groups is 2. The van der Waals surface area contributed by atoms with Gasteiger partial charge in [0.2, 0.25) is 0 Å². The summed E-state index contributed by atoms with van der Waals surface area (Å²) in [4.78, 5) is 34.5. The topological polar surface area (TPSA) is 117 Å². The number of nitrogens with one attached hydrogen (secondary N) is 1. The molecule has 0 heterocycles. The summed E-state index contributed by atoms with van der Waals surface area (Å²) in [7, 11) is 1.57. The molecule has 0 spiro atoms. The first-order valence-electron chi connectivity index (χ1n) is 8.93. The van der Waals surface area contributed by atoms with Crippen LogP contribution in [-0.4, -0.2) is 43.7 Å². The Hall–Kier alpha value is -3.62. The van der Waals surface area contributed by atoms with E-state index in [0.717, 1.165) is 17.4 Å².